The molecule has 0 aromatic heterocycles. The van der Waals surface area contributed by atoms with E-state index in [0.717, 1.165) is 31.1 Å². The van der Waals surface area contributed by atoms with E-state index in [9.17, 15) is 4.79 Å². The number of allylic oxidation sites excluding steroid dienone is 4. The van der Waals surface area contributed by atoms with Gasteiger partial charge >= 0.3 is 0 Å². The quantitative estimate of drug-likeness (QED) is 0.551. The summed E-state index contributed by atoms with van der Waals surface area (Å²) >= 11 is 0. The molecule has 1 heterocycles. The fourth-order valence-corrected chi connectivity index (χ4v) is 3.87. The molecule has 0 bridgehead atoms. The third-order valence-corrected chi connectivity index (χ3v) is 5.65. The first-order valence-electron chi connectivity index (χ1n) is 10.7. The number of carbonyl (C=O) groups excluding carboxylic acids is 1. The Hall–Kier alpha value is -3.09. The minimum atomic E-state index is -0.0786. The van der Waals surface area contributed by atoms with Crippen LogP contribution in [0.3, 0.4) is 0 Å². The molecule has 7 nitrogen and oxygen atoms in total. The zero-order chi connectivity index (χ0) is 22.2. The smallest absolute Gasteiger partial charge is 0.261 e. The summed E-state index contributed by atoms with van der Waals surface area (Å²) in [5.74, 6) is 1.97. The van der Waals surface area contributed by atoms with Crippen LogP contribution in [0.5, 0.6) is 11.5 Å². The van der Waals surface area contributed by atoms with Gasteiger partial charge in [0, 0.05) is 51.3 Å². The zero-order valence-electron chi connectivity index (χ0n) is 18.9. The number of rotatable bonds is 3. The molecule has 1 aromatic carbocycles. The number of guanidine groups is 1. The van der Waals surface area contributed by atoms with Crippen LogP contribution in [-0.2, 0) is 0 Å². The molecule has 1 aliphatic heterocycles. The molecule has 1 aliphatic carbocycles. The number of methoxy groups -OCH3 is 2. The second-order valence-electron chi connectivity index (χ2n) is 7.60. The maximum atomic E-state index is 13.3. The van der Waals surface area contributed by atoms with Gasteiger partial charge in [-0.15, -0.1) is 0 Å². The molecule has 1 amide bonds. The molecule has 0 radical (unpaired) electrons. The van der Waals surface area contributed by atoms with Crippen LogP contribution in [0.25, 0.3) is 0 Å². The lowest BCUT2D eigenvalue weighted by molar-refractivity contribution is 0.0757. The van der Waals surface area contributed by atoms with E-state index >= 15 is 0 Å². The van der Waals surface area contributed by atoms with Gasteiger partial charge in [-0.3, -0.25) is 9.79 Å². The summed E-state index contributed by atoms with van der Waals surface area (Å²) in [5, 5.41) is 0. The molecule has 0 saturated carbocycles. The van der Waals surface area contributed by atoms with Crippen molar-refractivity contribution < 1.29 is 14.3 Å². The number of amides is 1. The molecule has 166 valence electrons. The predicted octanol–water partition coefficient (Wildman–Crippen LogP) is 3.43. The van der Waals surface area contributed by atoms with E-state index in [-0.39, 0.29) is 11.8 Å². The highest BCUT2D eigenvalue weighted by Crippen LogP contribution is 2.30. The van der Waals surface area contributed by atoms with Crippen molar-refractivity contribution in [3.63, 3.8) is 0 Å². The van der Waals surface area contributed by atoms with Crippen LogP contribution < -0.4 is 9.47 Å². The van der Waals surface area contributed by atoms with Gasteiger partial charge < -0.3 is 19.3 Å². The van der Waals surface area contributed by atoms with Gasteiger partial charge in [0.2, 0.25) is 5.96 Å². The van der Waals surface area contributed by atoms with Crippen LogP contribution >= 0.6 is 0 Å². The molecular formula is C24H32N4O3. The van der Waals surface area contributed by atoms with Crippen LogP contribution in [0.1, 0.15) is 30.1 Å². The second-order valence-corrected chi connectivity index (χ2v) is 7.60. The summed E-state index contributed by atoms with van der Waals surface area (Å²) in [7, 11) is 4.91. The maximum absolute atomic E-state index is 13.3. The van der Waals surface area contributed by atoms with E-state index in [1.165, 1.54) is 0 Å². The number of carbonyl (C=O) groups is 1. The van der Waals surface area contributed by atoms with Crippen LogP contribution in [0, 0.1) is 5.92 Å². The molecular weight excluding hydrogens is 392 g/mol. The van der Waals surface area contributed by atoms with Gasteiger partial charge in [-0.25, -0.2) is 4.99 Å². The summed E-state index contributed by atoms with van der Waals surface area (Å²) in [6, 6.07) is 5.39. The average Bonchev–Trinajstić information content (AvgIpc) is 3.16. The van der Waals surface area contributed by atoms with Gasteiger partial charge in [0.15, 0.2) is 0 Å². The number of hydrogen-bond acceptors (Lipinski definition) is 4. The lowest BCUT2D eigenvalue weighted by Crippen LogP contribution is -2.37. The number of nitrogens with zero attached hydrogens (tertiary/aromatic N) is 4. The maximum Gasteiger partial charge on any atom is 0.261 e. The van der Waals surface area contributed by atoms with Crippen molar-refractivity contribution in [1.82, 2.24) is 9.80 Å². The van der Waals surface area contributed by atoms with Crippen molar-refractivity contribution >= 4 is 17.6 Å². The van der Waals surface area contributed by atoms with Crippen molar-refractivity contribution in [3.8, 4) is 11.5 Å². The standard InChI is InChI=1S/C24H32N4O3/c1-18-10-6-5-7-11-19(18)26-24(25-2)28-15-9-14-27(16-17-28)23(29)22-20(30-3)12-8-13-21(22)31-4/h5-8,10,12-13,18H,9,11,14-17H2,1-4H3/b25-24?,26-19-. The highest BCUT2D eigenvalue weighted by Gasteiger charge is 2.26. The highest BCUT2D eigenvalue weighted by molar-refractivity contribution is 6.01. The van der Waals surface area contributed by atoms with E-state index in [1.54, 1.807) is 33.4 Å². The molecule has 7 heteroatoms. The van der Waals surface area contributed by atoms with Crippen molar-refractivity contribution in [2.75, 3.05) is 47.4 Å². The van der Waals surface area contributed by atoms with Crippen molar-refractivity contribution in [2.24, 2.45) is 15.9 Å². The number of benzene rings is 1. The second kappa shape index (κ2) is 10.8. The van der Waals surface area contributed by atoms with Gasteiger partial charge in [-0.2, -0.15) is 0 Å². The Balaban J connectivity index is 1.75. The third-order valence-electron chi connectivity index (χ3n) is 5.65. The third kappa shape index (κ3) is 5.34. The molecule has 0 N–H and O–H groups in total. The lowest BCUT2D eigenvalue weighted by Gasteiger charge is -2.24. The van der Waals surface area contributed by atoms with E-state index in [0.29, 0.717) is 36.7 Å². The van der Waals surface area contributed by atoms with Gasteiger partial charge in [0.25, 0.3) is 5.91 Å². The van der Waals surface area contributed by atoms with Crippen LogP contribution in [0.15, 0.2) is 52.5 Å². The lowest BCUT2D eigenvalue weighted by atomic mass is 10.0. The molecule has 0 spiro atoms. The van der Waals surface area contributed by atoms with Crippen molar-refractivity contribution in [3.05, 3.63) is 48.1 Å². The normalized spacial score (nSPS) is 21.1. The van der Waals surface area contributed by atoms with E-state index in [4.69, 9.17) is 14.5 Å². The summed E-state index contributed by atoms with van der Waals surface area (Å²) in [6.45, 7) is 4.87. The Bertz CT molecular complexity index is 882. The number of aliphatic imine (C=N–C) groups is 2. The first kappa shape index (κ1) is 22.6. The van der Waals surface area contributed by atoms with E-state index < -0.39 is 0 Å². The van der Waals surface area contributed by atoms with Crippen LogP contribution in [0.4, 0.5) is 0 Å². The predicted molar refractivity (Wildman–Crippen MR) is 124 cm³/mol. The summed E-state index contributed by atoms with van der Waals surface area (Å²) in [6.07, 6.45) is 10.1. The first-order valence-corrected chi connectivity index (χ1v) is 10.7. The Morgan fingerprint density at radius 2 is 1.71 bits per heavy atom. The Morgan fingerprint density at radius 3 is 2.39 bits per heavy atom. The first-order chi connectivity index (χ1) is 15.1. The van der Waals surface area contributed by atoms with Crippen LogP contribution in [0.2, 0.25) is 0 Å². The summed E-state index contributed by atoms with van der Waals surface area (Å²) in [5.41, 5.74) is 1.57. The number of hydrogen-bond donors (Lipinski definition) is 0. The molecule has 1 saturated heterocycles. The molecule has 3 rings (SSSR count). The largest absolute Gasteiger partial charge is 0.496 e. The summed E-state index contributed by atoms with van der Waals surface area (Å²) in [4.78, 5) is 26.7. The molecule has 2 aliphatic rings. The Kier molecular flexibility index (Phi) is 7.87. The van der Waals surface area contributed by atoms with E-state index in [1.807, 2.05) is 11.0 Å². The van der Waals surface area contributed by atoms with Gasteiger partial charge in [-0.05, 0) is 18.6 Å². The minimum absolute atomic E-state index is 0.0786. The van der Waals surface area contributed by atoms with Gasteiger partial charge in [-0.1, -0.05) is 37.3 Å². The van der Waals surface area contributed by atoms with Crippen LogP contribution in [-0.4, -0.2) is 74.8 Å². The van der Waals surface area contributed by atoms with Crippen molar-refractivity contribution in [1.29, 1.82) is 0 Å². The monoisotopic (exact) mass is 424 g/mol. The zero-order valence-corrected chi connectivity index (χ0v) is 18.9. The number of ether oxygens (including phenoxy) is 2. The fourth-order valence-electron chi connectivity index (χ4n) is 3.87. The summed E-state index contributed by atoms with van der Waals surface area (Å²) < 4.78 is 10.9. The molecule has 1 atom stereocenters. The highest BCUT2D eigenvalue weighted by atomic mass is 16.5. The Morgan fingerprint density at radius 1 is 1.03 bits per heavy atom. The molecule has 1 fully saturated rings. The van der Waals surface area contributed by atoms with Gasteiger partial charge in [0.1, 0.15) is 17.1 Å². The van der Waals surface area contributed by atoms with Gasteiger partial charge in [0.05, 0.1) is 14.2 Å². The Labute approximate surface area is 184 Å². The SMILES string of the molecule is CN=C(/N=C1/CC=CC=CC1C)N1CCCN(C(=O)c2c(OC)cccc2OC)CC1. The topological polar surface area (TPSA) is 66.7 Å². The molecule has 1 unspecified atom stereocenters. The van der Waals surface area contributed by atoms with Crippen molar-refractivity contribution in [2.45, 2.75) is 19.8 Å². The average molecular weight is 425 g/mol. The fraction of sp³-hybridized carbons (Fsp3) is 0.458. The molecule has 1 aromatic rings. The minimum Gasteiger partial charge on any atom is -0.496 e. The van der Waals surface area contributed by atoms with E-state index in [2.05, 4.69) is 41.1 Å². The molecule has 31 heavy (non-hydrogen) atoms.